The Balaban J connectivity index is 2.55. The fourth-order valence-corrected chi connectivity index (χ4v) is 2.43. The van der Waals surface area contributed by atoms with E-state index >= 15 is 0 Å². The van der Waals surface area contributed by atoms with Crippen LogP contribution in [0.5, 0.6) is 0 Å². The molecule has 0 aromatic rings. The highest BCUT2D eigenvalue weighted by Gasteiger charge is 2.32. The van der Waals surface area contributed by atoms with Crippen molar-refractivity contribution in [1.82, 2.24) is 0 Å². The third-order valence-electron chi connectivity index (χ3n) is 2.97. The van der Waals surface area contributed by atoms with Crippen molar-refractivity contribution in [2.75, 3.05) is 0 Å². The Kier molecular flexibility index (Phi) is 2.07. The van der Waals surface area contributed by atoms with Gasteiger partial charge >= 0.3 is 0 Å². The van der Waals surface area contributed by atoms with Crippen molar-refractivity contribution < 1.29 is 0 Å². The zero-order chi connectivity index (χ0) is 7.78. The van der Waals surface area contributed by atoms with Crippen LogP contribution in [0.15, 0.2) is 0 Å². The lowest BCUT2D eigenvalue weighted by Gasteiger charge is -2.30. The Morgan fingerprint density at radius 1 is 1.10 bits per heavy atom. The van der Waals surface area contributed by atoms with Crippen LogP contribution in [-0.2, 0) is 0 Å². The van der Waals surface area contributed by atoms with E-state index in [1.807, 2.05) is 0 Å². The number of hydrogen-bond donors (Lipinski definition) is 0. The fourth-order valence-electron chi connectivity index (χ4n) is 2.43. The molecule has 1 saturated carbocycles. The molecule has 0 amide bonds. The van der Waals surface area contributed by atoms with Gasteiger partial charge in [-0.2, -0.15) is 0 Å². The molecule has 0 bridgehead atoms. The highest BCUT2D eigenvalue weighted by molar-refractivity contribution is 4.83. The van der Waals surface area contributed by atoms with Crippen LogP contribution in [0.25, 0.3) is 0 Å². The molecule has 0 radical (unpaired) electrons. The van der Waals surface area contributed by atoms with E-state index in [9.17, 15) is 0 Å². The van der Waals surface area contributed by atoms with Gasteiger partial charge in [0.25, 0.3) is 0 Å². The topological polar surface area (TPSA) is 0 Å². The molecule has 0 aromatic heterocycles. The van der Waals surface area contributed by atoms with Gasteiger partial charge in [0.2, 0.25) is 0 Å². The van der Waals surface area contributed by atoms with E-state index in [0.717, 1.165) is 11.8 Å². The van der Waals surface area contributed by atoms with Crippen LogP contribution < -0.4 is 0 Å². The van der Waals surface area contributed by atoms with E-state index < -0.39 is 0 Å². The lowest BCUT2D eigenvalue weighted by atomic mass is 9.75. The van der Waals surface area contributed by atoms with Crippen LogP contribution in [0.4, 0.5) is 0 Å². The molecule has 2 atom stereocenters. The molecule has 0 N–H and O–H groups in total. The van der Waals surface area contributed by atoms with E-state index in [0.29, 0.717) is 5.41 Å². The van der Waals surface area contributed by atoms with Crippen molar-refractivity contribution in [2.45, 2.75) is 47.0 Å². The summed E-state index contributed by atoms with van der Waals surface area (Å²) in [6.07, 6.45) is 4.38. The summed E-state index contributed by atoms with van der Waals surface area (Å²) in [6, 6.07) is 0. The van der Waals surface area contributed by atoms with Gasteiger partial charge in [-0.3, -0.25) is 0 Å². The van der Waals surface area contributed by atoms with Crippen LogP contribution in [0.3, 0.4) is 0 Å². The first-order valence-corrected chi connectivity index (χ1v) is 4.52. The molecule has 0 saturated heterocycles. The van der Waals surface area contributed by atoms with E-state index in [4.69, 9.17) is 0 Å². The lowest BCUT2D eigenvalue weighted by molar-refractivity contribution is 0.196. The molecule has 1 rings (SSSR count). The first-order chi connectivity index (χ1) is 4.52. The predicted octanol–water partition coefficient (Wildman–Crippen LogP) is 3.47. The SMILES string of the molecule is C[C@H]1CCCC1C(C)(C)C. The van der Waals surface area contributed by atoms with Crippen molar-refractivity contribution in [3.05, 3.63) is 0 Å². The predicted molar refractivity (Wildman–Crippen MR) is 46.0 cm³/mol. The number of rotatable bonds is 0. The summed E-state index contributed by atoms with van der Waals surface area (Å²) >= 11 is 0. The van der Waals surface area contributed by atoms with Crippen molar-refractivity contribution >= 4 is 0 Å². The van der Waals surface area contributed by atoms with Gasteiger partial charge in [0, 0.05) is 0 Å². The second kappa shape index (κ2) is 2.56. The highest BCUT2D eigenvalue weighted by atomic mass is 14.4. The minimum Gasteiger partial charge on any atom is -0.0622 e. The number of hydrogen-bond acceptors (Lipinski definition) is 0. The third-order valence-corrected chi connectivity index (χ3v) is 2.97. The normalized spacial score (nSPS) is 34.8. The van der Waals surface area contributed by atoms with Crippen molar-refractivity contribution in [2.24, 2.45) is 17.3 Å². The van der Waals surface area contributed by atoms with E-state index in [1.165, 1.54) is 19.3 Å². The van der Waals surface area contributed by atoms with Crippen LogP contribution in [0, 0.1) is 17.3 Å². The molecular weight excluding hydrogens is 120 g/mol. The lowest BCUT2D eigenvalue weighted by Crippen LogP contribution is -2.22. The zero-order valence-electron chi connectivity index (χ0n) is 7.78. The van der Waals surface area contributed by atoms with Crippen LogP contribution in [0.2, 0.25) is 0 Å². The molecule has 60 valence electrons. The van der Waals surface area contributed by atoms with Gasteiger partial charge in [-0.1, -0.05) is 40.5 Å². The van der Waals surface area contributed by atoms with Gasteiger partial charge in [-0.25, -0.2) is 0 Å². The Morgan fingerprint density at radius 3 is 1.90 bits per heavy atom. The zero-order valence-corrected chi connectivity index (χ0v) is 7.78. The van der Waals surface area contributed by atoms with Gasteiger partial charge in [0.15, 0.2) is 0 Å². The van der Waals surface area contributed by atoms with Gasteiger partial charge in [-0.15, -0.1) is 0 Å². The highest BCUT2D eigenvalue weighted by Crippen LogP contribution is 2.42. The van der Waals surface area contributed by atoms with Crippen molar-refractivity contribution in [1.29, 1.82) is 0 Å². The molecule has 0 heteroatoms. The molecular formula is C10H20. The van der Waals surface area contributed by atoms with E-state index in [-0.39, 0.29) is 0 Å². The van der Waals surface area contributed by atoms with Gasteiger partial charge < -0.3 is 0 Å². The molecule has 10 heavy (non-hydrogen) atoms. The average Bonchev–Trinajstić information content (AvgIpc) is 2.11. The van der Waals surface area contributed by atoms with Crippen molar-refractivity contribution in [3.8, 4) is 0 Å². The van der Waals surface area contributed by atoms with Crippen LogP contribution in [-0.4, -0.2) is 0 Å². The maximum absolute atomic E-state index is 2.41. The quantitative estimate of drug-likeness (QED) is 0.483. The molecule has 1 fully saturated rings. The van der Waals surface area contributed by atoms with E-state index in [2.05, 4.69) is 27.7 Å². The monoisotopic (exact) mass is 140 g/mol. The Hall–Kier alpha value is 0. The van der Waals surface area contributed by atoms with Crippen LogP contribution in [0.1, 0.15) is 47.0 Å². The minimum absolute atomic E-state index is 0.552. The standard InChI is InChI=1S/C10H20/c1-8-6-5-7-9(8)10(2,3)4/h8-9H,5-7H2,1-4H3/t8-,9?/m0/s1. The summed E-state index contributed by atoms with van der Waals surface area (Å²) in [4.78, 5) is 0. The Bertz CT molecular complexity index is 108. The maximum atomic E-state index is 2.41. The molecule has 0 heterocycles. The first-order valence-electron chi connectivity index (χ1n) is 4.52. The molecule has 0 aromatic carbocycles. The first kappa shape index (κ1) is 8.10. The summed E-state index contributed by atoms with van der Waals surface area (Å²) in [5, 5.41) is 0. The fraction of sp³-hybridized carbons (Fsp3) is 1.00. The van der Waals surface area contributed by atoms with Crippen LogP contribution >= 0.6 is 0 Å². The van der Waals surface area contributed by atoms with Gasteiger partial charge in [0.05, 0.1) is 0 Å². The largest absolute Gasteiger partial charge is 0.0622 e. The molecule has 1 aliphatic rings. The minimum atomic E-state index is 0.552. The summed E-state index contributed by atoms with van der Waals surface area (Å²) in [7, 11) is 0. The molecule has 1 unspecified atom stereocenters. The third kappa shape index (κ3) is 1.53. The Morgan fingerprint density at radius 2 is 1.70 bits per heavy atom. The van der Waals surface area contributed by atoms with Gasteiger partial charge in [0.1, 0.15) is 0 Å². The Labute approximate surface area is 65.0 Å². The second-order valence-electron chi connectivity index (χ2n) is 4.88. The summed E-state index contributed by atoms with van der Waals surface area (Å²) in [5.41, 5.74) is 0.552. The smallest absolute Gasteiger partial charge is 0.0340 e. The van der Waals surface area contributed by atoms with Gasteiger partial charge in [-0.05, 0) is 23.7 Å². The summed E-state index contributed by atoms with van der Waals surface area (Å²) in [5.74, 6) is 1.95. The maximum Gasteiger partial charge on any atom is -0.0340 e. The summed E-state index contributed by atoms with van der Waals surface area (Å²) in [6.45, 7) is 9.53. The second-order valence-corrected chi connectivity index (χ2v) is 4.88. The average molecular weight is 140 g/mol. The molecule has 0 aliphatic heterocycles. The summed E-state index contributed by atoms with van der Waals surface area (Å²) < 4.78 is 0. The molecule has 1 aliphatic carbocycles. The van der Waals surface area contributed by atoms with Crippen molar-refractivity contribution in [3.63, 3.8) is 0 Å². The molecule has 0 nitrogen and oxygen atoms in total. The molecule has 0 spiro atoms. The van der Waals surface area contributed by atoms with E-state index in [1.54, 1.807) is 0 Å².